The van der Waals surface area contributed by atoms with Crippen LogP contribution in [0.4, 0.5) is 0 Å². The van der Waals surface area contributed by atoms with E-state index < -0.39 is 0 Å². The van der Waals surface area contributed by atoms with Gasteiger partial charge in [0.15, 0.2) is 0 Å². The molecule has 2 fully saturated rings. The number of amides is 1. The van der Waals surface area contributed by atoms with Crippen LogP contribution in [0.2, 0.25) is 0 Å². The first kappa shape index (κ1) is 14.5. The number of aromatic nitrogens is 1. The van der Waals surface area contributed by atoms with Gasteiger partial charge in [0.05, 0.1) is 12.2 Å². The maximum atomic E-state index is 12.6. The summed E-state index contributed by atoms with van der Waals surface area (Å²) in [5.74, 6) is 0.472. The lowest BCUT2D eigenvalue weighted by molar-refractivity contribution is -0.0169. The number of likely N-dealkylation sites (tertiary alicyclic amines) is 1. The summed E-state index contributed by atoms with van der Waals surface area (Å²) in [4.78, 5) is 18.6. The maximum absolute atomic E-state index is 12.6. The minimum atomic E-state index is 0.0765. The average Bonchev–Trinajstić information content (AvgIpc) is 2.87. The summed E-state index contributed by atoms with van der Waals surface area (Å²) in [7, 11) is 1.73. The van der Waals surface area contributed by atoms with Crippen LogP contribution >= 0.6 is 0 Å². The van der Waals surface area contributed by atoms with Crippen LogP contribution in [0.3, 0.4) is 0 Å². The van der Waals surface area contributed by atoms with E-state index in [0.717, 1.165) is 39.1 Å². The fourth-order valence-corrected chi connectivity index (χ4v) is 3.63. The van der Waals surface area contributed by atoms with Gasteiger partial charge < -0.3 is 14.4 Å². The van der Waals surface area contributed by atoms with E-state index in [4.69, 9.17) is 9.47 Å². The first-order chi connectivity index (χ1) is 10.2. The lowest BCUT2D eigenvalue weighted by atomic mass is 9.72. The Morgan fingerprint density at radius 1 is 1.52 bits per heavy atom. The monoisotopic (exact) mass is 290 g/mol. The van der Waals surface area contributed by atoms with E-state index in [1.807, 2.05) is 11.0 Å². The predicted molar refractivity (Wildman–Crippen MR) is 78.0 cm³/mol. The van der Waals surface area contributed by atoms with E-state index in [0.29, 0.717) is 18.1 Å². The molecule has 3 rings (SSSR count). The van der Waals surface area contributed by atoms with Crippen LogP contribution in [0.1, 0.15) is 23.2 Å². The molecule has 0 N–H and O–H groups in total. The molecular formula is C16H22N2O3. The highest BCUT2D eigenvalue weighted by Gasteiger charge is 2.48. The highest BCUT2D eigenvalue weighted by molar-refractivity contribution is 5.94. The van der Waals surface area contributed by atoms with Gasteiger partial charge in [-0.1, -0.05) is 0 Å². The summed E-state index contributed by atoms with van der Waals surface area (Å²) < 4.78 is 10.9. The number of hydrogen-bond donors (Lipinski definition) is 0. The van der Waals surface area contributed by atoms with Gasteiger partial charge in [0.1, 0.15) is 0 Å². The van der Waals surface area contributed by atoms with Gasteiger partial charge in [-0.05, 0) is 30.4 Å². The Morgan fingerprint density at radius 3 is 3.00 bits per heavy atom. The summed E-state index contributed by atoms with van der Waals surface area (Å²) in [6.07, 6.45) is 5.35. The molecule has 0 saturated carbocycles. The third-order valence-corrected chi connectivity index (χ3v) is 4.86. The number of nitrogens with zero attached hydrogens (tertiary/aromatic N) is 2. The molecule has 0 aromatic carbocycles. The second kappa shape index (κ2) is 6.12. The van der Waals surface area contributed by atoms with Gasteiger partial charge in [0.2, 0.25) is 0 Å². The third-order valence-electron chi connectivity index (χ3n) is 4.86. The van der Waals surface area contributed by atoms with Crippen molar-refractivity contribution in [2.45, 2.75) is 12.8 Å². The minimum Gasteiger partial charge on any atom is -0.384 e. The van der Waals surface area contributed by atoms with Gasteiger partial charge in [0.25, 0.3) is 5.91 Å². The van der Waals surface area contributed by atoms with Crippen molar-refractivity contribution >= 4 is 5.91 Å². The topological polar surface area (TPSA) is 51.7 Å². The lowest BCUT2D eigenvalue weighted by Gasteiger charge is -2.37. The molecule has 1 aromatic rings. The number of methoxy groups -OCH3 is 1. The molecule has 0 aliphatic carbocycles. The molecular weight excluding hydrogens is 268 g/mol. The molecule has 5 heteroatoms. The summed E-state index contributed by atoms with van der Waals surface area (Å²) in [6, 6.07) is 3.63. The Kier molecular flexibility index (Phi) is 4.22. The standard InChI is InChI=1S/C16H22N2O3/c1-20-11-14-10-18(12-16(14)4-7-21-8-5-16)15(19)13-3-2-6-17-9-13/h2-3,6,9,14H,4-5,7-8,10-12H2,1H3. The largest absolute Gasteiger partial charge is 0.384 e. The summed E-state index contributed by atoms with van der Waals surface area (Å²) in [5.41, 5.74) is 0.823. The molecule has 21 heavy (non-hydrogen) atoms. The van der Waals surface area contributed by atoms with Gasteiger partial charge in [-0.2, -0.15) is 0 Å². The maximum Gasteiger partial charge on any atom is 0.255 e. The fourth-order valence-electron chi connectivity index (χ4n) is 3.63. The van der Waals surface area contributed by atoms with Crippen LogP contribution in [-0.4, -0.2) is 55.8 Å². The number of carbonyl (C=O) groups excluding carboxylic acids is 1. The highest BCUT2D eigenvalue weighted by Crippen LogP contribution is 2.44. The Labute approximate surface area is 125 Å². The van der Waals surface area contributed by atoms with Crippen molar-refractivity contribution in [3.63, 3.8) is 0 Å². The van der Waals surface area contributed by atoms with E-state index in [2.05, 4.69) is 4.98 Å². The SMILES string of the molecule is COCC1CN(C(=O)c2cccnc2)CC12CCOCC2. The quantitative estimate of drug-likeness (QED) is 0.848. The van der Waals surface area contributed by atoms with Crippen molar-refractivity contribution in [2.24, 2.45) is 11.3 Å². The predicted octanol–water partition coefficient (Wildman–Crippen LogP) is 1.60. The molecule has 2 aliphatic rings. The number of pyridine rings is 1. The van der Waals surface area contributed by atoms with Gasteiger partial charge in [-0.25, -0.2) is 0 Å². The molecule has 3 heterocycles. The van der Waals surface area contributed by atoms with Crippen LogP contribution in [0.5, 0.6) is 0 Å². The number of rotatable bonds is 3. The highest BCUT2D eigenvalue weighted by atomic mass is 16.5. The molecule has 2 aliphatic heterocycles. The Balaban J connectivity index is 1.78. The Morgan fingerprint density at radius 2 is 2.33 bits per heavy atom. The lowest BCUT2D eigenvalue weighted by Crippen LogP contribution is -2.39. The molecule has 0 radical (unpaired) electrons. The first-order valence-corrected chi connectivity index (χ1v) is 7.51. The number of hydrogen-bond acceptors (Lipinski definition) is 4. The Hall–Kier alpha value is -1.46. The number of carbonyl (C=O) groups is 1. The van der Waals surface area contributed by atoms with Crippen molar-refractivity contribution in [1.29, 1.82) is 0 Å². The first-order valence-electron chi connectivity index (χ1n) is 7.51. The molecule has 1 atom stereocenters. The zero-order valence-electron chi connectivity index (χ0n) is 12.5. The molecule has 1 aromatic heterocycles. The van der Waals surface area contributed by atoms with E-state index in [9.17, 15) is 4.79 Å². The van der Waals surface area contributed by atoms with Gasteiger partial charge in [-0.15, -0.1) is 0 Å². The van der Waals surface area contributed by atoms with Crippen molar-refractivity contribution in [2.75, 3.05) is 40.0 Å². The van der Waals surface area contributed by atoms with Crippen molar-refractivity contribution in [3.8, 4) is 0 Å². The van der Waals surface area contributed by atoms with Crippen LogP contribution in [-0.2, 0) is 9.47 Å². The summed E-state index contributed by atoms with van der Waals surface area (Å²) >= 11 is 0. The van der Waals surface area contributed by atoms with Crippen molar-refractivity contribution in [3.05, 3.63) is 30.1 Å². The average molecular weight is 290 g/mol. The van der Waals surface area contributed by atoms with E-state index >= 15 is 0 Å². The van der Waals surface area contributed by atoms with E-state index in [-0.39, 0.29) is 11.3 Å². The summed E-state index contributed by atoms with van der Waals surface area (Å²) in [5, 5.41) is 0. The second-order valence-electron chi connectivity index (χ2n) is 6.05. The van der Waals surface area contributed by atoms with Gasteiger partial charge in [-0.3, -0.25) is 9.78 Å². The third kappa shape index (κ3) is 2.80. The van der Waals surface area contributed by atoms with Gasteiger partial charge in [0, 0.05) is 51.7 Å². The number of ether oxygens (including phenoxy) is 2. The molecule has 1 unspecified atom stereocenters. The van der Waals surface area contributed by atoms with E-state index in [1.54, 1.807) is 25.6 Å². The molecule has 2 saturated heterocycles. The van der Waals surface area contributed by atoms with E-state index in [1.165, 1.54) is 0 Å². The van der Waals surface area contributed by atoms with Crippen molar-refractivity contribution < 1.29 is 14.3 Å². The molecule has 5 nitrogen and oxygen atoms in total. The normalized spacial score (nSPS) is 24.4. The molecule has 1 amide bonds. The van der Waals surface area contributed by atoms with Crippen LogP contribution < -0.4 is 0 Å². The Bertz CT molecular complexity index is 486. The molecule has 0 bridgehead atoms. The second-order valence-corrected chi connectivity index (χ2v) is 6.05. The summed E-state index contributed by atoms with van der Waals surface area (Å²) in [6.45, 7) is 3.85. The van der Waals surface area contributed by atoms with Crippen LogP contribution in [0.15, 0.2) is 24.5 Å². The zero-order valence-corrected chi connectivity index (χ0v) is 12.5. The molecule has 1 spiro atoms. The molecule has 114 valence electrons. The zero-order chi connectivity index (χ0) is 14.7. The van der Waals surface area contributed by atoms with Crippen LogP contribution in [0, 0.1) is 11.3 Å². The fraction of sp³-hybridized carbons (Fsp3) is 0.625. The van der Waals surface area contributed by atoms with Gasteiger partial charge >= 0.3 is 0 Å². The minimum absolute atomic E-state index is 0.0765. The van der Waals surface area contributed by atoms with Crippen LogP contribution in [0.25, 0.3) is 0 Å². The van der Waals surface area contributed by atoms with Crippen molar-refractivity contribution in [1.82, 2.24) is 9.88 Å². The smallest absolute Gasteiger partial charge is 0.255 e.